The third-order valence-corrected chi connectivity index (χ3v) is 5.49. The Morgan fingerprint density at radius 1 is 1.19 bits per heavy atom. The molecule has 3 rings (SSSR count). The summed E-state index contributed by atoms with van der Waals surface area (Å²) in [5, 5.41) is 7.97. The minimum absolute atomic E-state index is 0. The van der Waals surface area contributed by atoms with Crippen LogP contribution in [0.3, 0.4) is 0 Å². The zero-order valence-corrected chi connectivity index (χ0v) is 16.2. The quantitative estimate of drug-likeness (QED) is 0.709. The Morgan fingerprint density at radius 2 is 2.00 bits per heavy atom. The number of amides is 1. The number of benzene rings is 1. The molecule has 146 valence electrons. The van der Waals surface area contributed by atoms with E-state index in [2.05, 4.69) is 10.6 Å². The van der Waals surface area contributed by atoms with Crippen LogP contribution in [0, 0.1) is 11.6 Å². The van der Waals surface area contributed by atoms with Crippen molar-refractivity contribution in [3.8, 4) is 0 Å². The molecule has 0 saturated carbocycles. The van der Waals surface area contributed by atoms with Crippen LogP contribution in [-0.2, 0) is 4.79 Å². The van der Waals surface area contributed by atoms with E-state index in [9.17, 15) is 18.4 Å². The van der Waals surface area contributed by atoms with Crippen molar-refractivity contribution in [3.05, 3.63) is 57.8 Å². The number of ketones is 1. The van der Waals surface area contributed by atoms with Crippen molar-refractivity contribution >= 4 is 35.4 Å². The molecule has 1 amide bonds. The molecule has 8 heteroatoms. The van der Waals surface area contributed by atoms with Gasteiger partial charge in [-0.3, -0.25) is 9.59 Å². The smallest absolute Gasteiger partial charge is 0.220 e. The van der Waals surface area contributed by atoms with E-state index in [1.807, 2.05) is 5.38 Å². The number of rotatable bonds is 6. The molecule has 1 aromatic carbocycles. The first-order chi connectivity index (χ1) is 12.5. The summed E-state index contributed by atoms with van der Waals surface area (Å²) in [6.07, 6.45) is 0.976. The van der Waals surface area contributed by atoms with Gasteiger partial charge in [0, 0.05) is 31.3 Å². The molecule has 2 unspecified atom stereocenters. The van der Waals surface area contributed by atoms with Crippen molar-refractivity contribution in [2.75, 3.05) is 13.1 Å². The highest BCUT2D eigenvalue weighted by atomic mass is 35.5. The molecule has 27 heavy (non-hydrogen) atoms. The minimum atomic E-state index is -0.882. The van der Waals surface area contributed by atoms with E-state index in [0.29, 0.717) is 23.4 Å². The van der Waals surface area contributed by atoms with Gasteiger partial charge in [0.15, 0.2) is 17.4 Å². The number of nitrogens with one attached hydrogen (secondary N) is 2. The van der Waals surface area contributed by atoms with E-state index in [-0.39, 0.29) is 48.9 Å². The molecule has 2 atom stereocenters. The summed E-state index contributed by atoms with van der Waals surface area (Å²) < 4.78 is 26.7. The highest BCUT2D eigenvalue weighted by Gasteiger charge is 2.28. The first kappa shape index (κ1) is 21.5. The van der Waals surface area contributed by atoms with Crippen molar-refractivity contribution in [3.63, 3.8) is 0 Å². The Morgan fingerprint density at radius 3 is 2.70 bits per heavy atom. The van der Waals surface area contributed by atoms with E-state index in [1.165, 1.54) is 17.4 Å². The van der Waals surface area contributed by atoms with Crippen molar-refractivity contribution in [1.29, 1.82) is 0 Å². The fraction of sp³-hybridized carbons (Fsp3) is 0.368. The molecule has 1 saturated heterocycles. The zero-order chi connectivity index (χ0) is 18.5. The molecule has 1 aromatic heterocycles. The second kappa shape index (κ2) is 9.92. The van der Waals surface area contributed by atoms with Crippen LogP contribution >= 0.6 is 23.7 Å². The SMILES string of the molecule is Cl.O=C(CCC(=O)c1cccs1)NC1CNCCC1c1ccc(F)c(F)c1. The normalized spacial score (nSPS) is 19.2. The van der Waals surface area contributed by atoms with Gasteiger partial charge in [0.2, 0.25) is 5.91 Å². The van der Waals surface area contributed by atoms with Gasteiger partial charge in [-0.25, -0.2) is 8.78 Å². The average molecular weight is 415 g/mol. The van der Waals surface area contributed by atoms with E-state index >= 15 is 0 Å². The van der Waals surface area contributed by atoms with Crippen LogP contribution in [-0.4, -0.2) is 30.8 Å². The number of hydrogen-bond donors (Lipinski definition) is 2. The first-order valence-corrected chi connectivity index (χ1v) is 9.44. The molecular formula is C19H21ClF2N2O2S. The molecule has 1 fully saturated rings. The van der Waals surface area contributed by atoms with Gasteiger partial charge < -0.3 is 10.6 Å². The number of thiophene rings is 1. The average Bonchev–Trinajstić information content (AvgIpc) is 3.17. The van der Waals surface area contributed by atoms with Crippen molar-refractivity contribution in [2.24, 2.45) is 0 Å². The number of hydrogen-bond acceptors (Lipinski definition) is 4. The van der Waals surface area contributed by atoms with E-state index in [4.69, 9.17) is 0 Å². The van der Waals surface area contributed by atoms with Crippen LogP contribution in [0.25, 0.3) is 0 Å². The number of Topliss-reactive ketones (excluding diaryl/α,β-unsaturated/α-hetero) is 1. The van der Waals surface area contributed by atoms with Crippen molar-refractivity contribution < 1.29 is 18.4 Å². The van der Waals surface area contributed by atoms with Gasteiger partial charge in [0.1, 0.15) is 0 Å². The summed E-state index contributed by atoms with van der Waals surface area (Å²) in [4.78, 5) is 24.9. The lowest BCUT2D eigenvalue weighted by Crippen LogP contribution is -2.50. The Balaban J connectivity index is 0.00000261. The van der Waals surface area contributed by atoms with Gasteiger partial charge in [0.25, 0.3) is 0 Å². The van der Waals surface area contributed by atoms with Gasteiger partial charge in [-0.15, -0.1) is 23.7 Å². The molecule has 0 aliphatic carbocycles. The van der Waals surface area contributed by atoms with Crippen LogP contribution < -0.4 is 10.6 Å². The van der Waals surface area contributed by atoms with Gasteiger partial charge in [-0.2, -0.15) is 0 Å². The van der Waals surface area contributed by atoms with E-state index in [1.54, 1.807) is 18.2 Å². The second-order valence-electron chi connectivity index (χ2n) is 6.35. The molecule has 0 bridgehead atoms. The standard InChI is InChI=1S/C19H20F2N2O2S.ClH/c20-14-4-3-12(10-15(14)21)13-7-8-22-11-16(13)23-19(25)6-5-17(24)18-2-1-9-26-18;/h1-4,9-10,13,16,22H,5-8,11H2,(H,23,25);1H. The number of carbonyl (C=O) groups excluding carboxylic acids is 2. The Kier molecular flexibility index (Phi) is 7.89. The van der Waals surface area contributed by atoms with Crippen molar-refractivity contribution in [1.82, 2.24) is 10.6 Å². The molecule has 2 heterocycles. The molecule has 0 radical (unpaired) electrons. The van der Waals surface area contributed by atoms with Crippen LogP contribution in [0.5, 0.6) is 0 Å². The monoisotopic (exact) mass is 414 g/mol. The summed E-state index contributed by atoms with van der Waals surface area (Å²) in [7, 11) is 0. The van der Waals surface area contributed by atoms with Crippen molar-refractivity contribution in [2.45, 2.75) is 31.2 Å². The molecule has 2 N–H and O–H groups in total. The van der Waals surface area contributed by atoms with Gasteiger partial charge in [-0.1, -0.05) is 12.1 Å². The molecular weight excluding hydrogens is 394 g/mol. The third-order valence-electron chi connectivity index (χ3n) is 4.58. The fourth-order valence-electron chi connectivity index (χ4n) is 3.22. The first-order valence-electron chi connectivity index (χ1n) is 8.56. The largest absolute Gasteiger partial charge is 0.351 e. The number of piperidine rings is 1. The lowest BCUT2D eigenvalue weighted by Gasteiger charge is -2.33. The third kappa shape index (κ3) is 5.57. The Hall–Kier alpha value is -1.83. The summed E-state index contributed by atoms with van der Waals surface area (Å²) in [5.74, 6) is -2.11. The highest BCUT2D eigenvalue weighted by Crippen LogP contribution is 2.27. The Bertz CT molecular complexity index is 786. The molecule has 2 aromatic rings. The van der Waals surface area contributed by atoms with E-state index < -0.39 is 11.6 Å². The summed E-state index contributed by atoms with van der Waals surface area (Å²) in [6.45, 7) is 1.29. The summed E-state index contributed by atoms with van der Waals surface area (Å²) in [6, 6.07) is 7.20. The topological polar surface area (TPSA) is 58.2 Å². The summed E-state index contributed by atoms with van der Waals surface area (Å²) >= 11 is 1.36. The predicted octanol–water partition coefficient (Wildman–Crippen LogP) is 3.67. The van der Waals surface area contributed by atoms with E-state index in [0.717, 1.165) is 12.6 Å². The maximum atomic E-state index is 13.6. The molecule has 4 nitrogen and oxygen atoms in total. The highest BCUT2D eigenvalue weighted by molar-refractivity contribution is 7.12. The zero-order valence-electron chi connectivity index (χ0n) is 14.5. The fourth-order valence-corrected chi connectivity index (χ4v) is 3.91. The van der Waals surface area contributed by atoms with Gasteiger partial charge in [0.05, 0.1) is 4.88 Å². The summed E-state index contributed by atoms with van der Waals surface area (Å²) in [5.41, 5.74) is 0.672. The maximum Gasteiger partial charge on any atom is 0.220 e. The molecule has 0 spiro atoms. The van der Waals surface area contributed by atoms with Crippen LogP contribution in [0.1, 0.15) is 40.4 Å². The van der Waals surface area contributed by atoms with Crippen LogP contribution in [0.2, 0.25) is 0 Å². The lowest BCUT2D eigenvalue weighted by atomic mass is 9.86. The van der Waals surface area contributed by atoms with Gasteiger partial charge in [-0.05, 0) is 42.1 Å². The maximum absolute atomic E-state index is 13.6. The predicted molar refractivity (Wildman–Crippen MR) is 104 cm³/mol. The van der Waals surface area contributed by atoms with Gasteiger partial charge >= 0.3 is 0 Å². The lowest BCUT2D eigenvalue weighted by molar-refractivity contribution is -0.122. The molecule has 1 aliphatic heterocycles. The van der Waals surface area contributed by atoms with Crippen LogP contribution in [0.4, 0.5) is 8.78 Å². The number of halogens is 3. The molecule has 1 aliphatic rings. The second-order valence-corrected chi connectivity index (χ2v) is 7.30. The minimum Gasteiger partial charge on any atom is -0.351 e. The number of carbonyl (C=O) groups is 2. The Labute approximate surface area is 166 Å². The van der Waals surface area contributed by atoms with Crippen LogP contribution in [0.15, 0.2) is 35.7 Å².